The highest BCUT2D eigenvalue weighted by Crippen LogP contribution is 1.82. The van der Waals surface area contributed by atoms with Crippen LogP contribution in [0.2, 0.25) is 0 Å². The summed E-state index contributed by atoms with van der Waals surface area (Å²) in [6.45, 7) is 5.29. The molecule has 0 aliphatic rings. The molecule has 0 amide bonds. The monoisotopic (exact) mass is 162 g/mol. The van der Waals surface area contributed by atoms with Crippen LogP contribution in [0.3, 0.4) is 0 Å². The Labute approximate surface area is 66.9 Å². The normalized spacial score (nSPS) is 12.6. The number of hydrogen-bond acceptors (Lipinski definition) is 2. The SMILES string of the molecule is CCOCC(C)NC(N)=S. The minimum Gasteiger partial charge on any atom is -0.380 e. The van der Waals surface area contributed by atoms with Gasteiger partial charge in [0.1, 0.15) is 0 Å². The van der Waals surface area contributed by atoms with Crippen molar-refractivity contribution in [1.29, 1.82) is 0 Å². The summed E-state index contributed by atoms with van der Waals surface area (Å²) in [5.41, 5.74) is 5.23. The van der Waals surface area contributed by atoms with Crippen molar-refractivity contribution in [3.8, 4) is 0 Å². The van der Waals surface area contributed by atoms with E-state index in [0.717, 1.165) is 6.61 Å². The molecule has 1 unspecified atom stereocenters. The summed E-state index contributed by atoms with van der Waals surface area (Å²) in [5.74, 6) is 0. The lowest BCUT2D eigenvalue weighted by Crippen LogP contribution is -2.39. The second-order valence-electron chi connectivity index (χ2n) is 2.07. The molecule has 0 saturated carbocycles. The first-order valence-electron chi connectivity index (χ1n) is 3.30. The van der Waals surface area contributed by atoms with Gasteiger partial charge in [0, 0.05) is 12.6 Å². The van der Waals surface area contributed by atoms with Crippen molar-refractivity contribution < 1.29 is 4.74 Å². The Morgan fingerprint density at radius 2 is 2.40 bits per heavy atom. The van der Waals surface area contributed by atoms with Crippen LogP contribution in [-0.2, 0) is 4.74 Å². The first-order valence-corrected chi connectivity index (χ1v) is 3.71. The maximum atomic E-state index is 5.23. The lowest BCUT2D eigenvalue weighted by atomic mass is 10.4. The van der Waals surface area contributed by atoms with Crippen LogP contribution in [0.25, 0.3) is 0 Å². The van der Waals surface area contributed by atoms with Gasteiger partial charge in [-0.25, -0.2) is 0 Å². The number of nitrogens with one attached hydrogen (secondary N) is 1. The highest BCUT2D eigenvalue weighted by Gasteiger charge is 1.99. The fraction of sp³-hybridized carbons (Fsp3) is 0.833. The number of rotatable bonds is 4. The van der Waals surface area contributed by atoms with Gasteiger partial charge in [0.2, 0.25) is 0 Å². The summed E-state index contributed by atoms with van der Waals surface area (Å²) in [6, 6.07) is 0.206. The van der Waals surface area contributed by atoms with Crippen LogP contribution in [0, 0.1) is 0 Å². The van der Waals surface area contributed by atoms with Crippen LogP contribution in [0.1, 0.15) is 13.8 Å². The molecule has 0 radical (unpaired) electrons. The third-order valence-electron chi connectivity index (χ3n) is 0.961. The molecule has 0 aromatic carbocycles. The van der Waals surface area contributed by atoms with E-state index in [9.17, 15) is 0 Å². The summed E-state index contributed by atoms with van der Waals surface area (Å²) < 4.78 is 5.12. The zero-order valence-electron chi connectivity index (χ0n) is 6.39. The molecule has 1 atom stereocenters. The molecule has 0 aliphatic heterocycles. The zero-order valence-corrected chi connectivity index (χ0v) is 7.20. The van der Waals surface area contributed by atoms with E-state index in [1.165, 1.54) is 0 Å². The molecular formula is C6H14N2OS. The van der Waals surface area contributed by atoms with E-state index in [2.05, 4.69) is 17.5 Å². The van der Waals surface area contributed by atoms with E-state index in [0.29, 0.717) is 11.7 Å². The first kappa shape index (κ1) is 9.65. The smallest absolute Gasteiger partial charge is 0.163 e. The summed E-state index contributed by atoms with van der Waals surface area (Å²) >= 11 is 4.63. The third kappa shape index (κ3) is 5.78. The molecule has 0 spiro atoms. The molecule has 0 saturated heterocycles. The van der Waals surface area contributed by atoms with Gasteiger partial charge in [-0.15, -0.1) is 0 Å². The maximum absolute atomic E-state index is 5.23. The fourth-order valence-corrected chi connectivity index (χ4v) is 0.780. The average molecular weight is 162 g/mol. The van der Waals surface area contributed by atoms with Gasteiger partial charge in [-0.1, -0.05) is 0 Å². The Balaban J connectivity index is 3.25. The predicted molar refractivity (Wildman–Crippen MR) is 45.9 cm³/mol. The van der Waals surface area contributed by atoms with Gasteiger partial charge < -0.3 is 15.8 Å². The maximum Gasteiger partial charge on any atom is 0.163 e. The van der Waals surface area contributed by atoms with Gasteiger partial charge in [-0.3, -0.25) is 0 Å². The van der Waals surface area contributed by atoms with Crippen molar-refractivity contribution in [2.24, 2.45) is 5.73 Å². The minimum absolute atomic E-state index is 0.206. The molecule has 4 heteroatoms. The second-order valence-corrected chi connectivity index (χ2v) is 2.51. The molecular weight excluding hydrogens is 148 g/mol. The van der Waals surface area contributed by atoms with Gasteiger partial charge in [0.05, 0.1) is 6.61 Å². The number of nitrogens with two attached hydrogens (primary N) is 1. The summed E-state index contributed by atoms with van der Waals surface area (Å²) in [5, 5.41) is 3.19. The Bertz CT molecular complexity index is 108. The van der Waals surface area contributed by atoms with Crippen LogP contribution in [0.15, 0.2) is 0 Å². The summed E-state index contributed by atoms with van der Waals surface area (Å²) in [7, 11) is 0. The van der Waals surface area contributed by atoms with Crippen LogP contribution < -0.4 is 11.1 Å². The van der Waals surface area contributed by atoms with Crippen molar-refractivity contribution in [2.75, 3.05) is 13.2 Å². The van der Waals surface area contributed by atoms with E-state index in [-0.39, 0.29) is 6.04 Å². The van der Waals surface area contributed by atoms with Crippen LogP contribution in [0.5, 0.6) is 0 Å². The van der Waals surface area contributed by atoms with Gasteiger partial charge in [0.15, 0.2) is 5.11 Å². The van der Waals surface area contributed by atoms with E-state index >= 15 is 0 Å². The molecule has 60 valence electrons. The third-order valence-corrected chi connectivity index (χ3v) is 1.08. The molecule has 3 nitrogen and oxygen atoms in total. The van der Waals surface area contributed by atoms with Crippen molar-refractivity contribution >= 4 is 17.3 Å². The first-order chi connectivity index (χ1) is 4.66. The van der Waals surface area contributed by atoms with E-state index in [1.54, 1.807) is 0 Å². The molecule has 10 heavy (non-hydrogen) atoms. The average Bonchev–Trinajstić information content (AvgIpc) is 1.82. The number of thiocarbonyl (C=S) groups is 1. The standard InChI is InChI=1S/C6H14N2OS/c1-3-9-4-5(2)8-6(7)10/h5H,3-4H2,1-2H3,(H3,7,8,10). The van der Waals surface area contributed by atoms with Gasteiger partial charge in [-0.05, 0) is 26.1 Å². The largest absolute Gasteiger partial charge is 0.380 e. The van der Waals surface area contributed by atoms with Crippen molar-refractivity contribution in [3.63, 3.8) is 0 Å². The molecule has 0 rings (SSSR count). The number of hydrogen-bond donors (Lipinski definition) is 2. The Morgan fingerprint density at radius 1 is 1.80 bits per heavy atom. The van der Waals surface area contributed by atoms with Crippen molar-refractivity contribution in [3.05, 3.63) is 0 Å². The molecule has 0 heterocycles. The molecule has 0 fully saturated rings. The Kier molecular flexibility index (Phi) is 5.25. The molecule has 0 aliphatic carbocycles. The highest BCUT2D eigenvalue weighted by molar-refractivity contribution is 7.80. The van der Waals surface area contributed by atoms with E-state index in [4.69, 9.17) is 10.5 Å². The van der Waals surface area contributed by atoms with Gasteiger partial charge in [0.25, 0.3) is 0 Å². The molecule has 0 bridgehead atoms. The van der Waals surface area contributed by atoms with Crippen molar-refractivity contribution in [1.82, 2.24) is 5.32 Å². The fourth-order valence-electron chi connectivity index (χ4n) is 0.579. The Hall–Kier alpha value is -0.350. The zero-order chi connectivity index (χ0) is 7.98. The predicted octanol–water partition coefficient (Wildman–Crippen LogP) is 0.245. The highest BCUT2D eigenvalue weighted by atomic mass is 32.1. The Morgan fingerprint density at radius 3 is 2.80 bits per heavy atom. The lowest BCUT2D eigenvalue weighted by molar-refractivity contribution is 0.132. The number of ether oxygens (including phenoxy) is 1. The molecule has 0 aromatic rings. The second kappa shape index (κ2) is 5.44. The van der Waals surface area contributed by atoms with Gasteiger partial charge in [-0.2, -0.15) is 0 Å². The molecule has 3 N–H and O–H groups in total. The van der Waals surface area contributed by atoms with Crippen LogP contribution in [-0.4, -0.2) is 24.4 Å². The summed E-state index contributed by atoms with van der Waals surface area (Å²) in [4.78, 5) is 0. The lowest BCUT2D eigenvalue weighted by Gasteiger charge is -2.12. The van der Waals surface area contributed by atoms with E-state index in [1.807, 2.05) is 13.8 Å². The van der Waals surface area contributed by atoms with Crippen LogP contribution >= 0.6 is 12.2 Å². The van der Waals surface area contributed by atoms with Crippen molar-refractivity contribution in [2.45, 2.75) is 19.9 Å². The summed E-state index contributed by atoms with van der Waals surface area (Å²) in [6.07, 6.45) is 0. The molecule has 0 aromatic heterocycles. The quantitative estimate of drug-likeness (QED) is 0.582. The van der Waals surface area contributed by atoms with E-state index < -0.39 is 0 Å². The minimum atomic E-state index is 0.206. The van der Waals surface area contributed by atoms with Crippen LogP contribution in [0.4, 0.5) is 0 Å². The van der Waals surface area contributed by atoms with Gasteiger partial charge >= 0.3 is 0 Å². The topological polar surface area (TPSA) is 47.3 Å².